The monoisotopic (exact) mass is 217 g/mol. The molecule has 1 unspecified atom stereocenters. The molecule has 2 nitrogen and oxygen atoms in total. The Morgan fingerprint density at radius 3 is 3.25 bits per heavy atom. The second-order valence-electron chi connectivity index (χ2n) is 4.92. The summed E-state index contributed by atoms with van der Waals surface area (Å²) in [5.41, 5.74) is 4.41. The minimum atomic E-state index is 0.732. The molecule has 2 heterocycles. The largest absolute Gasteiger partial charge is 0.385 e. The van der Waals surface area contributed by atoms with Gasteiger partial charge in [-0.2, -0.15) is 0 Å². The highest BCUT2D eigenvalue weighted by molar-refractivity contribution is 5.59. The highest BCUT2D eigenvalue weighted by Crippen LogP contribution is 2.29. The Morgan fingerprint density at radius 2 is 2.38 bits per heavy atom. The molecule has 0 amide bonds. The molecule has 0 radical (unpaired) electrons. The van der Waals surface area contributed by atoms with Gasteiger partial charge in [0.15, 0.2) is 0 Å². The average molecular weight is 217 g/mol. The van der Waals surface area contributed by atoms with Crippen molar-refractivity contribution >= 4 is 5.69 Å². The molecule has 1 saturated heterocycles. The van der Waals surface area contributed by atoms with Gasteiger partial charge in [0.2, 0.25) is 0 Å². The Hall–Kier alpha value is -1.02. The van der Waals surface area contributed by atoms with E-state index >= 15 is 0 Å². The lowest BCUT2D eigenvalue weighted by Gasteiger charge is -2.22. The first-order valence-corrected chi connectivity index (χ1v) is 6.36. The molecule has 1 N–H and O–H groups in total. The summed E-state index contributed by atoms with van der Waals surface area (Å²) >= 11 is 0. The van der Waals surface area contributed by atoms with Crippen molar-refractivity contribution in [1.82, 2.24) is 0 Å². The van der Waals surface area contributed by atoms with Crippen LogP contribution in [0.4, 0.5) is 5.69 Å². The van der Waals surface area contributed by atoms with Crippen LogP contribution in [-0.2, 0) is 17.6 Å². The van der Waals surface area contributed by atoms with E-state index in [0.717, 1.165) is 25.7 Å². The van der Waals surface area contributed by atoms with Crippen LogP contribution in [0.15, 0.2) is 18.2 Å². The first kappa shape index (κ1) is 10.2. The summed E-state index contributed by atoms with van der Waals surface area (Å²) in [4.78, 5) is 0. The van der Waals surface area contributed by atoms with Gasteiger partial charge in [-0.05, 0) is 42.7 Å². The van der Waals surface area contributed by atoms with Crippen LogP contribution in [0.25, 0.3) is 0 Å². The highest BCUT2D eigenvalue weighted by Gasteiger charge is 2.19. The number of anilines is 1. The number of para-hydroxylation sites is 1. The summed E-state index contributed by atoms with van der Waals surface area (Å²) in [6.07, 6.45) is 4.90. The SMILES string of the molecule is c1cc2c(c(CC3CCOC3)c1)NCCC2. The lowest BCUT2D eigenvalue weighted by Crippen LogP contribution is -2.15. The van der Waals surface area contributed by atoms with E-state index in [4.69, 9.17) is 4.74 Å². The van der Waals surface area contributed by atoms with Gasteiger partial charge in [-0.3, -0.25) is 0 Å². The van der Waals surface area contributed by atoms with Crippen LogP contribution in [0.1, 0.15) is 24.0 Å². The molecule has 2 heteroatoms. The quantitative estimate of drug-likeness (QED) is 0.822. The number of aryl methyl sites for hydroxylation is 1. The van der Waals surface area contributed by atoms with Crippen LogP contribution in [0.3, 0.4) is 0 Å². The molecule has 1 fully saturated rings. The van der Waals surface area contributed by atoms with Gasteiger partial charge < -0.3 is 10.1 Å². The Balaban J connectivity index is 1.82. The zero-order chi connectivity index (χ0) is 10.8. The van der Waals surface area contributed by atoms with Crippen molar-refractivity contribution in [2.75, 3.05) is 25.1 Å². The van der Waals surface area contributed by atoms with Gasteiger partial charge >= 0.3 is 0 Å². The third-order valence-electron chi connectivity index (χ3n) is 3.69. The van der Waals surface area contributed by atoms with E-state index in [1.807, 2.05) is 0 Å². The van der Waals surface area contributed by atoms with E-state index in [1.54, 1.807) is 0 Å². The molecule has 16 heavy (non-hydrogen) atoms. The lowest BCUT2D eigenvalue weighted by atomic mass is 9.93. The molecular formula is C14H19NO. The smallest absolute Gasteiger partial charge is 0.0498 e. The van der Waals surface area contributed by atoms with E-state index in [2.05, 4.69) is 23.5 Å². The maximum Gasteiger partial charge on any atom is 0.0498 e. The van der Waals surface area contributed by atoms with Gasteiger partial charge in [-0.15, -0.1) is 0 Å². The van der Waals surface area contributed by atoms with Crippen LogP contribution < -0.4 is 5.32 Å². The number of rotatable bonds is 2. The second kappa shape index (κ2) is 4.46. The highest BCUT2D eigenvalue weighted by atomic mass is 16.5. The third kappa shape index (κ3) is 1.94. The molecule has 0 saturated carbocycles. The number of fused-ring (bicyclic) bond motifs is 1. The van der Waals surface area contributed by atoms with Crippen LogP contribution >= 0.6 is 0 Å². The summed E-state index contributed by atoms with van der Waals surface area (Å²) in [5.74, 6) is 0.732. The third-order valence-corrected chi connectivity index (χ3v) is 3.69. The van der Waals surface area contributed by atoms with Gasteiger partial charge in [-0.25, -0.2) is 0 Å². The lowest BCUT2D eigenvalue weighted by molar-refractivity contribution is 0.186. The fourth-order valence-corrected chi connectivity index (χ4v) is 2.81. The molecule has 2 aliphatic rings. The zero-order valence-corrected chi connectivity index (χ0v) is 9.67. The summed E-state index contributed by atoms with van der Waals surface area (Å²) < 4.78 is 5.45. The van der Waals surface area contributed by atoms with Crippen molar-refractivity contribution in [3.8, 4) is 0 Å². The van der Waals surface area contributed by atoms with E-state index in [-0.39, 0.29) is 0 Å². The topological polar surface area (TPSA) is 21.3 Å². The van der Waals surface area contributed by atoms with Gasteiger partial charge in [0, 0.05) is 25.4 Å². The molecule has 1 atom stereocenters. The van der Waals surface area contributed by atoms with Gasteiger partial charge in [-0.1, -0.05) is 18.2 Å². The van der Waals surface area contributed by atoms with Crippen LogP contribution in [0, 0.1) is 5.92 Å². The van der Waals surface area contributed by atoms with Crippen LogP contribution in [-0.4, -0.2) is 19.8 Å². The van der Waals surface area contributed by atoms with Gasteiger partial charge in [0.25, 0.3) is 0 Å². The summed E-state index contributed by atoms with van der Waals surface area (Å²) in [5, 5.41) is 3.56. The van der Waals surface area contributed by atoms with E-state index in [9.17, 15) is 0 Å². The minimum Gasteiger partial charge on any atom is -0.385 e. The molecule has 2 aliphatic heterocycles. The fourth-order valence-electron chi connectivity index (χ4n) is 2.81. The van der Waals surface area contributed by atoms with Crippen molar-refractivity contribution in [2.45, 2.75) is 25.7 Å². The van der Waals surface area contributed by atoms with E-state index < -0.39 is 0 Å². The number of hydrogen-bond donors (Lipinski definition) is 1. The fraction of sp³-hybridized carbons (Fsp3) is 0.571. The van der Waals surface area contributed by atoms with Crippen LogP contribution in [0.2, 0.25) is 0 Å². The number of benzene rings is 1. The summed E-state index contributed by atoms with van der Waals surface area (Å²) in [6.45, 7) is 3.03. The Labute approximate surface area is 97.0 Å². The molecule has 0 aliphatic carbocycles. The Morgan fingerprint density at radius 1 is 1.38 bits per heavy atom. The Kier molecular flexibility index (Phi) is 2.83. The normalized spacial score (nSPS) is 23.9. The summed E-state index contributed by atoms with van der Waals surface area (Å²) in [6, 6.07) is 6.74. The predicted molar refractivity (Wildman–Crippen MR) is 65.9 cm³/mol. The van der Waals surface area contributed by atoms with Gasteiger partial charge in [0.1, 0.15) is 0 Å². The van der Waals surface area contributed by atoms with Crippen molar-refractivity contribution < 1.29 is 4.74 Å². The first-order valence-electron chi connectivity index (χ1n) is 6.36. The number of nitrogens with one attached hydrogen (secondary N) is 1. The second-order valence-corrected chi connectivity index (χ2v) is 4.92. The van der Waals surface area contributed by atoms with Crippen molar-refractivity contribution in [3.05, 3.63) is 29.3 Å². The molecule has 1 aromatic rings. The van der Waals surface area contributed by atoms with E-state index in [0.29, 0.717) is 0 Å². The van der Waals surface area contributed by atoms with Crippen molar-refractivity contribution in [3.63, 3.8) is 0 Å². The molecular weight excluding hydrogens is 198 g/mol. The van der Waals surface area contributed by atoms with Crippen molar-refractivity contribution in [2.24, 2.45) is 5.92 Å². The molecule has 86 valence electrons. The average Bonchev–Trinajstić information content (AvgIpc) is 2.82. The summed E-state index contributed by atoms with van der Waals surface area (Å²) in [7, 11) is 0. The zero-order valence-electron chi connectivity index (χ0n) is 9.67. The molecule has 3 rings (SSSR count). The van der Waals surface area contributed by atoms with Crippen LogP contribution in [0.5, 0.6) is 0 Å². The van der Waals surface area contributed by atoms with Gasteiger partial charge in [0.05, 0.1) is 0 Å². The molecule has 0 spiro atoms. The number of ether oxygens (including phenoxy) is 1. The van der Waals surface area contributed by atoms with Crippen molar-refractivity contribution in [1.29, 1.82) is 0 Å². The number of hydrogen-bond acceptors (Lipinski definition) is 2. The Bertz CT molecular complexity index is 369. The molecule has 0 bridgehead atoms. The first-order chi connectivity index (χ1) is 7.93. The maximum absolute atomic E-state index is 5.45. The molecule has 1 aromatic carbocycles. The molecule has 0 aromatic heterocycles. The minimum absolute atomic E-state index is 0.732. The maximum atomic E-state index is 5.45. The van der Waals surface area contributed by atoms with E-state index in [1.165, 1.54) is 42.5 Å². The standard InChI is InChI=1S/C14H19NO/c1-3-12-5-2-7-15-14(12)13(4-1)9-11-6-8-16-10-11/h1,3-4,11,15H,2,5-10H2. The predicted octanol–water partition coefficient (Wildman–Crippen LogP) is 2.62.